The van der Waals surface area contributed by atoms with Crippen LogP contribution >= 0.6 is 23.2 Å². The number of halogens is 2. The van der Waals surface area contributed by atoms with Crippen LogP contribution in [0.4, 0.5) is 0 Å². The number of benzene rings is 1. The molecule has 17 heavy (non-hydrogen) atoms. The summed E-state index contributed by atoms with van der Waals surface area (Å²) in [5, 5.41) is 3.98. The zero-order chi connectivity index (χ0) is 12.8. The molecule has 0 aliphatic carbocycles. The molecule has 1 aromatic carbocycles. The maximum absolute atomic E-state index is 11.5. The maximum Gasteiger partial charge on any atom is 0.220 e. The summed E-state index contributed by atoms with van der Waals surface area (Å²) in [7, 11) is 0. The van der Waals surface area contributed by atoms with Crippen LogP contribution in [0, 0.1) is 0 Å². The summed E-state index contributed by atoms with van der Waals surface area (Å²) in [6, 6.07) is 5.30. The van der Waals surface area contributed by atoms with Crippen molar-refractivity contribution in [3.05, 3.63) is 46.0 Å². The molecule has 1 amide bonds. The Balaban J connectivity index is 2.44. The number of nitrogens with one attached hydrogen (secondary N) is 1. The van der Waals surface area contributed by atoms with E-state index in [2.05, 4.69) is 11.9 Å². The van der Waals surface area contributed by atoms with Crippen molar-refractivity contribution in [2.24, 2.45) is 0 Å². The average molecular weight is 272 g/mol. The van der Waals surface area contributed by atoms with Crippen LogP contribution in [-0.4, -0.2) is 12.5 Å². The summed E-state index contributed by atoms with van der Waals surface area (Å²) in [5.74, 6) is -0.000910. The highest BCUT2D eigenvalue weighted by Crippen LogP contribution is 2.21. The normalized spacial score (nSPS) is 10.1. The van der Waals surface area contributed by atoms with Crippen molar-refractivity contribution in [2.75, 3.05) is 6.54 Å². The van der Waals surface area contributed by atoms with Gasteiger partial charge in [0, 0.05) is 23.0 Å². The van der Waals surface area contributed by atoms with Gasteiger partial charge in [0.2, 0.25) is 5.91 Å². The Morgan fingerprint density at radius 2 is 2.12 bits per heavy atom. The van der Waals surface area contributed by atoms with Gasteiger partial charge in [-0.3, -0.25) is 4.79 Å². The van der Waals surface area contributed by atoms with Gasteiger partial charge in [0.15, 0.2) is 0 Å². The molecule has 0 saturated heterocycles. The minimum atomic E-state index is -0.000910. The lowest BCUT2D eigenvalue weighted by Crippen LogP contribution is -2.25. The van der Waals surface area contributed by atoms with E-state index in [-0.39, 0.29) is 5.91 Å². The Labute approximate surface area is 112 Å². The molecule has 0 saturated carbocycles. The summed E-state index contributed by atoms with van der Waals surface area (Å²) in [5.41, 5.74) is 1.87. The third-order valence-corrected chi connectivity index (χ3v) is 2.81. The Kier molecular flexibility index (Phi) is 5.52. The van der Waals surface area contributed by atoms with Gasteiger partial charge in [-0.15, -0.1) is 0 Å². The van der Waals surface area contributed by atoms with Crippen LogP contribution in [0.15, 0.2) is 30.4 Å². The standard InChI is InChI=1S/C13H15Cl2NO/c1-9(2)8-16-13(17)6-4-10-3-5-11(14)7-12(10)15/h3,5,7H,1,4,6,8H2,2H3,(H,16,17). The molecular weight excluding hydrogens is 257 g/mol. The van der Waals surface area contributed by atoms with E-state index in [0.29, 0.717) is 29.4 Å². The maximum atomic E-state index is 11.5. The van der Waals surface area contributed by atoms with Crippen LogP contribution in [0.3, 0.4) is 0 Å². The van der Waals surface area contributed by atoms with Gasteiger partial charge in [0.05, 0.1) is 0 Å². The Morgan fingerprint density at radius 1 is 1.41 bits per heavy atom. The molecule has 0 aliphatic rings. The number of carbonyl (C=O) groups is 1. The quantitative estimate of drug-likeness (QED) is 0.815. The Bertz CT molecular complexity index is 429. The lowest BCUT2D eigenvalue weighted by molar-refractivity contribution is -0.120. The van der Waals surface area contributed by atoms with Gasteiger partial charge in [-0.1, -0.05) is 41.4 Å². The molecule has 0 bridgehead atoms. The van der Waals surface area contributed by atoms with Crippen molar-refractivity contribution in [3.63, 3.8) is 0 Å². The highest BCUT2D eigenvalue weighted by molar-refractivity contribution is 6.35. The summed E-state index contributed by atoms with van der Waals surface area (Å²) in [6.45, 7) is 6.11. The highest BCUT2D eigenvalue weighted by Gasteiger charge is 2.05. The van der Waals surface area contributed by atoms with Crippen LogP contribution in [0.5, 0.6) is 0 Å². The van der Waals surface area contributed by atoms with Gasteiger partial charge in [-0.2, -0.15) is 0 Å². The van der Waals surface area contributed by atoms with Crippen molar-refractivity contribution in [1.29, 1.82) is 0 Å². The first-order chi connectivity index (χ1) is 7.99. The zero-order valence-electron chi connectivity index (χ0n) is 9.72. The van der Waals surface area contributed by atoms with Gasteiger partial charge >= 0.3 is 0 Å². The fourth-order valence-electron chi connectivity index (χ4n) is 1.31. The Hall–Kier alpha value is -0.990. The minimum Gasteiger partial charge on any atom is -0.352 e. The lowest BCUT2D eigenvalue weighted by atomic mass is 10.1. The second kappa shape index (κ2) is 6.67. The number of amides is 1. The van der Waals surface area contributed by atoms with Gasteiger partial charge in [0.25, 0.3) is 0 Å². The molecule has 0 radical (unpaired) electrons. The minimum absolute atomic E-state index is 0.000910. The van der Waals surface area contributed by atoms with Gasteiger partial charge < -0.3 is 5.32 Å². The van der Waals surface area contributed by atoms with Crippen molar-refractivity contribution < 1.29 is 4.79 Å². The first-order valence-electron chi connectivity index (χ1n) is 5.34. The average Bonchev–Trinajstić information content (AvgIpc) is 2.25. The second-order valence-corrected chi connectivity index (χ2v) is 4.81. The summed E-state index contributed by atoms with van der Waals surface area (Å²) in [6.07, 6.45) is 1.02. The van der Waals surface area contributed by atoms with Crippen LogP contribution in [-0.2, 0) is 11.2 Å². The molecule has 0 unspecified atom stereocenters. The van der Waals surface area contributed by atoms with E-state index in [4.69, 9.17) is 23.2 Å². The van der Waals surface area contributed by atoms with E-state index in [1.54, 1.807) is 12.1 Å². The number of carbonyl (C=O) groups excluding carboxylic acids is 1. The molecule has 0 atom stereocenters. The van der Waals surface area contributed by atoms with E-state index in [1.165, 1.54) is 0 Å². The van der Waals surface area contributed by atoms with E-state index >= 15 is 0 Å². The number of hydrogen-bond acceptors (Lipinski definition) is 1. The molecule has 92 valence electrons. The topological polar surface area (TPSA) is 29.1 Å². The first kappa shape index (κ1) is 14.1. The predicted molar refractivity (Wildman–Crippen MR) is 72.6 cm³/mol. The van der Waals surface area contributed by atoms with Crippen LogP contribution in [0.1, 0.15) is 18.9 Å². The van der Waals surface area contributed by atoms with Gasteiger partial charge in [0.1, 0.15) is 0 Å². The number of aryl methyl sites for hydroxylation is 1. The van der Waals surface area contributed by atoms with Crippen molar-refractivity contribution >= 4 is 29.1 Å². The van der Waals surface area contributed by atoms with E-state index in [0.717, 1.165) is 11.1 Å². The molecule has 0 spiro atoms. The van der Waals surface area contributed by atoms with Crippen molar-refractivity contribution in [1.82, 2.24) is 5.32 Å². The van der Waals surface area contributed by atoms with Gasteiger partial charge in [-0.25, -0.2) is 0 Å². The van der Waals surface area contributed by atoms with Crippen molar-refractivity contribution in [3.8, 4) is 0 Å². The smallest absolute Gasteiger partial charge is 0.220 e. The SMILES string of the molecule is C=C(C)CNC(=O)CCc1ccc(Cl)cc1Cl. The molecule has 1 aromatic rings. The number of rotatable bonds is 5. The molecular formula is C13H15Cl2NO. The summed E-state index contributed by atoms with van der Waals surface area (Å²) in [4.78, 5) is 11.5. The molecule has 1 rings (SSSR count). The summed E-state index contributed by atoms with van der Waals surface area (Å²) >= 11 is 11.8. The predicted octanol–water partition coefficient (Wildman–Crippen LogP) is 3.62. The Morgan fingerprint density at radius 3 is 2.71 bits per heavy atom. The van der Waals surface area contributed by atoms with E-state index < -0.39 is 0 Å². The first-order valence-corrected chi connectivity index (χ1v) is 6.09. The van der Waals surface area contributed by atoms with E-state index in [1.807, 2.05) is 13.0 Å². The molecule has 0 aromatic heterocycles. The molecule has 0 fully saturated rings. The molecule has 0 aliphatic heterocycles. The van der Waals surface area contributed by atoms with Crippen LogP contribution < -0.4 is 5.32 Å². The fourth-order valence-corrected chi connectivity index (χ4v) is 1.81. The molecule has 0 heterocycles. The monoisotopic (exact) mass is 271 g/mol. The zero-order valence-corrected chi connectivity index (χ0v) is 11.2. The van der Waals surface area contributed by atoms with Crippen LogP contribution in [0.2, 0.25) is 10.0 Å². The second-order valence-electron chi connectivity index (χ2n) is 3.97. The van der Waals surface area contributed by atoms with Crippen molar-refractivity contribution in [2.45, 2.75) is 19.8 Å². The largest absolute Gasteiger partial charge is 0.352 e. The molecule has 1 N–H and O–H groups in total. The third-order valence-electron chi connectivity index (χ3n) is 2.22. The third kappa shape index (κ3) is 5.24. The highest BCUT2D eigenvalue weighted by atomic mass is 35.5. The fraction of sp³-hybridized carbons (Fsp3) is 0.308. The summed E-state index contributed by atoms with van der Waals surface area (Å²) < 4.78 is 0. The molecule has 4 heteroatoms. The lowest BCUT2D eigenvalue weighted by Gasteiger charge is -2.06. The van der Waals surface area contributed by atoms with Gasteiger partial charge in [-0.05, 0) is 31.0 Å². The van der Waals surface area contributed by atoms with E-state index in [9.17, 15) is 4.79 Å². The van der Waals surface area contributed by atoms with Crippen LogP contribution in [0.25, 0.3) is 0 Å². The molecule has 2 nitrogen and oxygen atoms in total. The number of hydrogen-bond donors (Lipinski definition) is 1.